The van der Waals surface area contributed by atoms with E-state index in [1.807, 2.05) is 0 Å². The van der Waals surface area contributed by atoms with Crippen molar-refractivity contribution in [2.24, 2.45) is 11.3 Å². The van der Waals surface area contributed by atoms with Gasteiger partial charge in [0.25, 0.3) is 0 Å². The molecule has 2 bridgehead atoms. The van der Waals surface area contributed by atoms with Crippen molar-refractivity contribution in [3.63, 3.8) is 0 Å². The van der Waals surface area contributed by atoms with Crippen LogP contribution in [-0.4, -0.2) is 83.4 Å². The Kier molecular flexibility index (Phi) is 11.2. The van der Waals surface area contributed by atoms with Crippen LogP contribution in [0, 0.1) is 21.4 Å². The number of hydrogen-bond donors (Lipinski definition) is 0. The third-order valence-corrected chi connectivity index (χ3v) is 10.7. The van der Waals surface area contributed by atoms with Crippen LogP contribution in [0.2, 0.25) is 0 Å². The second kappa shape index (κ2) is 15.7. The fourth-order valence-corrected chi connectivity index (χ4v) is 9.12. The summed E-state index contributed by atoms with van der Waals surface area (Å²) >= 11 is 0. The van der Waals surface area contributed by atoms with E-state index in [1.165, 1.54) is 6.92 Å². The SMILES string of the molecule is CC(=O)OC1OC(C(OC(C)=O)C2C([N+](=O)[O-])C3(C)C(=O)C2(c2ccccc2)C(c2ccccc2)=C3c2ccccc2)C(OC(C)=O)C(OC(C)=O)C1OC(C)=O. The van der Waals surface area contributed by atoms with Gasteiger partial charge in [0, 0.05) is 39.5 Å². The molecule has 298 valence electrons. The van der Waals surface area contributed by atoms with Gasteiger partial charge in [0.05, 0.1) is 11.3 Å². The number of ketones is 1. The van der Waals surface area contributed by atoms with Crippen molar-refractivity contribution in [1.82, 2.24) is 0 Å². The van der Waals surface area contributed by atoms with Crippen LogP contribution in [0.5, 0.6) is 0 Å². The average molecular weight is 784 g/mol. The Morgan fingerprint density at radius 1 is 0.649 bits per heavy atom. The summed E-state index contributed by atoms with van der Waals surface area (Å²) in [5.74, 6) is -6.98. The number of hydrogen-bond acceptors (Lipinski definition) is 14. The summed E-state index contributed by atoms with van der Waals surface area (Å²) < 4.78 is 34.7. The van der Waals surface area contributed by atoms with Crippen molar-refractivity contribution in [3.8, 4) is 0 Å². The molecule has 1 aliphatic heterocycles. The lowest BCUT2D eigenvalue weighted by atomic mass is 9.59. The Bertz CT molecular complexity index is 2120. The van der Waals surface area contributed by atoms with Crippen LogP contribution >= 0.6 is 0 Å². The van der Waals surface area contributed by atoms with Crippen molar-refractivity contribution >= 4 is 46.8 Å². The first-order valence-electron chi connectivity index (χ1n) is 18.2. The molecular formula is C42H41NO14. The molecule has 0 amide bonds. The van der Waals surface area contributed by atoms with Gasteiger partial charge in [-0.05, 0) is 34.8 Å². The highest BCUT2D eigenvalue weighted by Crippen LogP contribution is 2.71. The minimum Gasteiger partial charge on any atom is -0.459 e. The molecule has 1 heterocycles. The van der Waals surface area contributed by atoms with Crippen LogP contribution in [0.25, 0.3) is 11.1 Å². The van der Waals surface area contributed by atoms with Gasteiger partial charge in [-0.25, -0.2) is 0 Å². The number of nitrogens with zero attached hydrogens (tertiary/aromatic N) is 1. The van der Waals surface area contributed by atoms with E-state index in [0.717, 1.165) is 34.6 Å². The summed E-state index contributed by atoms with van der Waals surface area (Å²) in [7, 11) is 0. The molecule has 0 N–H and O–H groups in total. The van der Waals surface area contributed by atoms with E-state index in [4.69, 9.17) is 28.4 Å². The van der Waals surface area contributed by atoms with Gasteiger partial charge < -0.3 is 28.4 Å². The smallest absolute Gasteiger partial charge is 0.305 e. The highest BCUT2D eigenvalue weighted by molar-refractivity contribution is 6.26. The molecule has 3 aliphatic rings. The zero-order valence-electron chi connectivity index (χ0n) is 31.9. The summed E-state index contributed by atoms with van der Waals surface area (Å²) in [5, 5.41) is 13.8. The number of esters is 5. The number of ether oxygens (including phenoxy) is 6. The van der Waals surface area contributed by atoms with Crippen LogP contribution in [-0.2, 0) is 62.6 Å². The predicted molar refractivity (Wildman–Crippen MR) is 198 cm³/mol. The maximum atomic E-state index is 15.8. The molecule has 2 fully saturated rings. The monoisotopic (exact) mass is 783 g/mol. The minimum atomic E-state index is -1.98. The Morgan fingerprint density at radius 3 is 1.58 bits per heavy atom. The molecule has 1 saturated carbocycles. The van der Waals surface area contributed by atoms with Crippen molar-refractivity contribution < 1.29 is 62.1 Å². The second-order valence-corrected chi connectivity index (χ2v) is 14.3. The lowest BCUT2D eigenvalue weighted by Crippen LogP contribution is -2.67. The molecular weight excluding hydrogens is 742 g/mol. The van der Waals surface area contributed by atoms with Gasteiger partial charge in [0.2, 0.25) is 18.4 Å². The maximum Gasteiger partial charge on any atom is 0.305 e. The maximum absolute atomic E-state index is 15.8. The van der Waals surface area contributed by atoms with E-state index in [9.17, 15) is 34.1 Å². The Hall–Kier alpha value is -6.22. The number of allylic oxidation sites excluding steroid dienone is 1. The number of nitro groups is 1. The van der Waals surface area contributed by atoms with Crippen LogP contribution in [0.4, 0.5) is 0 Å². The predicted octanol–water partition coefficient (Wildman–Crippen LogP) is 4.41. The van der Waals surface area contributed by atoms with Crippen molar-refractivity contribution in [2.45, 2.75) is 89.8 Å². The highest BCUT2D eigenvalue weighted by atomic mass is 16.7. The van der Waals surface area contributed by atoms with Gasteiger partial charge in [-0.3, -0.25) is 38.9 Å². The molecule has 10 unspecified atom stereocenters. The normalized spacial score (nSPS) is 29.5. The van der Waals surface area contributed by atoms with E-state index >= 15 is 4.79 Å². The van der Waals surface area contributed by atoms with Gasteiger partial charge in [-0.2, -0.15) is 0 Å². The standard InChI is InChI=1S/C42H41NO14/c1-22(44)52-33(34-35(53-23(2)45)36(54-24(3)46)37(55-25(4)47)39(57-34)56-26(5)48)32-38(43(50)51)41(6)30(27-16-10-7-11-17-27)31(28-18-12-8-13-19-28)42(32,40(41)49)29-20-14-9-15-21-29/h7-21,32-39H,1-6H3. The number of carbonyl (C=O) groups excluding carboxylic acids is 6. The number of benzene rings is 3. The molecule has 15 nitrogen and oxygen atoms in total. The van der Waals surface area contributed by atoms with Crippen LogP contribution in [0.15, 0.2) is 91.0 Å². The molecule has 6 rings (SSSR count). The van der Waals surface area contributed by atoms with E-state index in [1.54, 1.807) is 91.0 Å². The summed E-state index contributed by atoms with van der Waals surface area (Å²) in [4.78, 5) is 92.9. The average Bonchev–Trinajstić information content (AvgIpc) is 3.48. The third-order valence-electron chi connectivity index (χ3n) is 10.7. The molecule has 10 atom stereocenters. The van der Waals surface area contributed by atoms with Crippen molar-refractivity contribution in [3.05, 3.63) is 118 Å². The Balaban J connectivity index is 1.74. The Morgan fingerprint density at radius 2 is 1.11 bits per heavy atom. The van der Waals surface area contributed by atoms with Gasteiger partial charge in [-0.1, -0.05) is 91.0 Å². The molecule has 57 heavy (non-hydrogen) atoms. The molecule has 0 spiro atoms. The molecule has 0 radical (unpaired) electrons. The van der Waals surface area contributed by atoms with Gasteiger partial charge in [-0.15, -0.1) is 0 Å². The first-order chi connectivity index (χ1) is 27.0. The van der Waals surface area contributed by atoms with E-state index in [0.29, 0.717) is 27.8 Å². The lowest BCUT2D eigenvalue weighted by molar-refractivity contribution is -0.544. The van der Waals surface area contributed by atoms with E-state index < -0.39 is 100 Å². The molecule has 3 aromatic rings. The highest BCUT2D eigenvalue weighted by Gasteiger charge is 2.82. The molecule has 3 aromatic carbocycles. The Labute approximate surface area is 327 Å². The molecule has 15 heteroatoms. The van der Waals surface area contributed by atoms with Crippen LogP contribution < -0.4 is 0 Å². The van der Waals surface area contributed by atoms with Gasteiger partial charge in [0.15, 0.2) is 18.0 Å². The van der Waals surface area contributed by atoms with Crippen LogP contribution in [0.3, 0.4) is 0 Å². The largest absolute Gasteiger partial charge is 0.459 e. The van der Waals surface area contributed by atoms with Gasteiger partial charge >= 0.3 is 29.8 Å². The number of rotatable bonds is 11. The quantitative estimate of drug-likeness (QED) is 0.115. The fourth-order valence-electron chi connectivity index (χ4n) is 9.12. The second-order valence-electron chi connectivity index (χ2n) is 14.3. The van der Waals surface area contributed by atoms with Crippen molar-refractivity contribution in [1.29, 1.82) is 0 Å². The number of fused-ring (bicyclic) bond motifs is 2. The van der Waals surface area contributed by atoms with Crippen molar-refractivity contribution in [2.75, 3.05) is 0 Å². The zero-order valence-corrected chi connectivity index (χ0v) is 31.9. The van der Waals surface area contributed by atoms with Crippen LogP contribution in [0.1, 0.15) is 58.2 Å². The number of Topliss-reactive ketones (excluding diaryl/α,β-unsaturated/α-hetero) is 1. The summed E-state index contributed by atoms with van der Waals surface area (Å²) in [6.07, 6.45) is -11.0. The minimum absolute atomic E-state index is 0.322. The number of carbonyl (C=O) groups is 6. The molecule has 0 aromatic heterocycles. The third kappa shape index (κ3) is 6.96. The first-order valence-corrected chi connectivity index (χ1v) is 18.2. The topological polar surface area (TPSA) is 201 Å². The lowest BCUT2D eigenvalue weighted by Gasteiger charge is -2.49. The van der Waals surface area contributed by atoms with E-state index in [2.05, 4.69) is 0 Å². The van der Waals surface area contributed by atoms with E-state index in [-0.39, 0.29) is 0 Å². The molecule has 1 saturated heterocycles. The fraction of sp³-hybridized carbons (Fsp3) is 0.381. The van der Waals surface area contributed by atoms with Gasteiger partial charge in [0.1, 0.15) is 17.6 Å². The summed E-state index contributed by atoms with van der Waals surface area (Å²) in [6.45, 7) is 6.64. The molecule has 2 aliphatic carbocycles. The summed E-state index contributed by atoms with van der Waals surface area (Å²) in [5.41, 5.74) is -1.70. The first kappa shape index (κ1) is 40.4. The zero-order chi connectivity index (χ0) is 41.4. The summed E-state index contributed by atoms with van der Waals surface area (Å²) in [6, 6.07) is 24.2.